The fourth-order valence-corrected chi connectivity index (χ4v) is 2.97. The maximum Gasteiger partial charge on any atom is 0.256 e. The zero-order valence-corrected chi connectivity index (χ0v) is 13.3. The van der Waals surface area contributed by atoms with E-state index >= 15 is 0 Å². The number of hydrogen-bond acceptors (Lipinski definition) is 2. The van der Waals surface area contributed by atoms with Gasteiger partial charge in [0.1, 0.15) is 0 Å². The number of carbonyl (C=O) groups is 2. The van der Waals surface area contributed by atoms with Gasteiger partial charge in [-0.25, -0.2) is 0 Å². The first-order valence-corrected chi connectivity index (χ1v) is 7.70. The van der Waals surface area contributed by atoms with Crippen LogP contribution < -0.4 is 10.6 Å². The molecule has 4 nitrogen and oxygen atoms in total. The van der Waals surface area contributed by atoms with E-state index in [0.29, 0.717) is 23.4 Å². The molecule has 21 heavy (non-hydrogen) atoms. The Kier molecular flexibility index (Phi) is 3.92. The van der Waals surface area contributed by atoms with Crippen LogP contribution in [0.5, 0.6) is 0 Å². The molecule has 0 bridgehead atoms. The lowest BCUT2D eigenvalue weighted by atomic mass is 10.00. The Hall–Kier alpha value is -1.89. The predicted molar refractivity (Wildman–Crippen MR) is 89.6 cm³/mol. The van der Waals surface area contributed by atoms with E-state index in [9.17, 15) is 9.59 Å². The second-order valence-corrected chi connectivity index (χ2v) is 5.97. The van der Waals surface area contributed by atoms with Crippen LogP contribution in [0.15, 0.2) is 42.5 Å². The van der Waals surface area contributed by atoms with Crippen LogP contribution in [0, 0.1) is 3.57 Å². The fraction of sp³-hybridized carbons (Fsp3) is 0.125. The first kappa shape index (κ1) is 14.1. The second kappa shape index (κ2) is 5.85. The van der Waals surface area contributed by atoms with E-state index in [0.717, 1.165) is 15.6 Å². The lowest BCUT2D eigenvalue weighted by Crippen LogP contribution is -2.31. The molecule has 3 rings (SSSR count). The standard InChI is InChI=1S/C16H13IN2O2/c17-14-4-2-1-3-12(14)16(21)19-11-6-5-10-7-8-18-15(20)13(10)9-11/h1-6,9H,7-8H2,(H,18,20)(H,19,21). The molecule has 0 unspecified atom stereocenters. The summed E-state index contributed by atoms with van der Waals surface area (Å²) in [5, 5.41) is 5.65. The highest BCUT2D eigenvalue weighted by atomic mass is 127. The Labute approximate surface area is 136 Å². The quantitative estimate of drug-likeness (QED) is 0.773. The molecule has 0 radical (unpaired) electrons. The fourth-order valence-electron chi connectivity index (χ4n) is 2.33. The van der Waals surface area contributed by atoms with Crippen LogP contribution in [0.1, 0.15) is 26.3 Å². The molecular formula is C16H13IN2O2. The van der Waals surface area contributed by atoms with Crippen molar-refractivity contribution in [3.63, 3.8) is 0 Å². The number of hydrogen-bond donors (Lipinski definition) is 2. The van der Waals surface area contributed by atoms with Gasteiger partial charge in [0, 0.05) is 21.4 Å². The van der Waals surface area contributed by atoms with Crippen LogP contribution in [0.2, 0.25) is 0 Å². The minimum atomic E-state index is -0.170. The molecule has 2 N–H and O–H groups in total. The van der Waals surface area contributed by atoms with E-state index in [1.165, 1.54) is 0 Å². The smallest absolute Gasteiger partial charge is 0.256 e. The summed E-state index contributed by atoms with van der Waals surface area (Å²) >= 11 is 2.13. The third-order valence-corrected chi connectivity index (χ3v) is 4.35. The summed E-state index contributed by atoms with van der Waals surface area (Å²) in [6, 6.07) is 12.9. The average Bonchev–Trinajstić information content (AvgIpc) is 2.48. The van der Waals surface area contributed by atoms with Gasteiger partial charge in [-0.15, -0.1) is 0 Å². The van der Waals surface area contributed by atoms with Crippen LogP contribution in [-0.4, -0.2) is 18.4 Å². The van der Waals surface area contributed by atoms with Gasteiger partial charge < -0.3 is 10.6 Å². The summed E-state index contributed by atoms with van der Waals surface area (Å²) in [7, 11) is 0. The molecule has 0 aliphatic carbocycles. The molecule has 1 aliphatic rings. The molecular weight excluding hydrogens is 379 g/mol. The van der Waals surface area contributed by atoms with E-state index in [1.807, 2.05) is 30.3 Å². The van der Waals surface area contributed by atoms with Crippen molar-refractivity contribution in [3.05, 3.63) is 62.7 Å². The van der Waals surface area contributed by atoms with Crippen molar-refractivity contribution in [2.75, 3.05) is 11.9 Å². The topological polar surface area (TPSA) is 58.2 Å². The molecule has 0 atom stereocenters. The summed E-state index contributed by atoms with van der Waals surface area (Å²) in [6.07, 6.45) is 0.825. The molecule has 0 saturated heterocycles. The van der Waals surface area contributed by atoms with Gasteiger partial charge in [-0.3, -0.25) is 9.59 Å². The molecule has 1 aliphatic heterocycles. The molecule has 0 spiro atoms. The Bertz CT molecular complexity index is 728. The molecule has 2 aromatic carbocycles. The van der Waals surface area contributed by atoms with E-state index < -0.39 is 0 Å². The van der Waals surface area contributed by atoms with Crippen molar-refractivity contribution in [2.24, 2.45) is 0 Å². The molecule has 1 heterocycles. The highest BCUT2D eigenvalue weighted by molar-refractivity contribution is 14.1. The lowest BCUT2D eigenvalue weighted by molar-refractivity contribution is 0.0944. The molecule has 5 heteroatoms. The Morgan fingerprint density at radius 3 is 2.81 bits per heavy atom. The lowest BCUT2D eigenvalue weighted by Gasteiger charge is -2.17. The van der Waals surface area contributed by atoms with Crippen molar-refractivity contribution in [1.82, 2.24) is 5.32 Å². The first-order chi connectivity index (χ1) is 10.1. The van der Waals surface area contributed by atoms with Gasteiger partial charge in [0.05, 0.1) is 5.56 Å². The summed E-state index contributed by atoms with van der Waals surface area (Å²) < 4.78 is 0.892. The first-order valence-electron chi connectivity index (χ1n) is 6.62. The summed E-state index contributed by atoms with van der Waals surface area (Å²) in [5.74, 6) is -0.252. The SMILES string of the molecule is O=C(Nc1ccc2c(c1)C(=O)NCC2)c1ccccc1I. The van der Waals surface area contributed by atoms with Crippen molar-refractivity contribution in [2.45, 2.75) is 6.42 Å². The minimum absolute atomic E-state index is 0.0818. The average molecular weight is 392 g/mol. The third kappa shape index (κ3) is 2.92. The zero-order chi connectivity index (χ0) is 14.8. The number of amides is 2. The van der Waals surface area contributed by atoms with Gasteiger partial charge in [-0.05, 0) is 58.8 Å². The zero-order valence-electron chi connectivity index (χ0n) is 11.2. The largest absolute Gasteiger partial charge is 0.352 e. The summed E-state index contributed by atoms with van der Waals surface area (Å²) in [4.78, 5) is 24.1. The number of benzene rings is 2. The molecule has 2 amide bonds. The number of rotatable bonds is 2. The molecule has 2 aromatic rings. The van der Waals surface area contributed by atoms with Crippen LogP contribution in [0.4, 0.5) is 5.69 Å². The van der Waals surface area contributed by atoms with Gasteiger partial charge in [0.15, 0.2) is 0 Å². The van der Waals surface area contributed by atoms with Crippen molar-refractivity contribution in [1.29, 1.82) is 0 Å². The number of carbonyl (C=O) groups excluding carboxylic acids is 2. The maximum atomic E-state index is 12.3. The second-order valence-electron chi connectivity index (χ2n) is 4.81. The monoisotopic (exact) mass is 392 g/mol. The van der Waals surface area contributed by atoms with Crippen molar-refractivity contribution < 1.29 is 9.59 Å². The number of nitrogens with one attached hydrogen (secondary N) is 2. The van der Waals surface area contributed by atoms with Crippen LogP contribution in [0.3, 0.4) is 0 Å². The van der Waals surface area contributed by atoms with Gasteiger partial charge in [0.25, 0.3) is 11.8 Å². The van der Waals surface area contributed by atoms with Crippen molar-refractivity contribution >= 4 is 40.1 Å². The van der Waals surface area contributed by atoms with Crippen molar-refractivity contribution in [3.8, 4) is 0 Å². The van der Waals surface area contributed by atoms with E-state index in [-0.39, 0.29) is 11.8 Å². The van der Waals surface area contributed by atoms with E-state index in [4.69, 9.17) is 0 Å². The van der Waals surface area contributed by atoms with Gasteiger partial charge in [-0.1, -0.05) is 18.2 Å². The van der Waals surface area contributed by atoms with Crippen LogP contribution in [-0.2, 0) is 6.42 Å². The number of halogens is 1. The molecule has 106 valence electrons. The highest BCUT2D eigenvalue weighted by Gasteiger charge is 2.17. The predicted octanol–water partition coefficient (Wildman–Crippen LogP) is 2.83. The number of fused-ring (bicyclic) bond motifs is 1. The third-order valence-electron chi connectivity index (χ3n) is 3.41. The maximum absolute atomic E-state index is 12.3. The minimum Gasteiger partial charge on any atom is -0.352 e. The van der Waals surface area contributed by atoms with E-state index in [2.05, 4.69) is 33.2 Å². The molecule has 0 fully saturated rings. The van der Waals surface area contributed by atoms with E-state index in [1.54, 1.807) is 12.1 Å². The number of anilines is 1. The van der Waals surface area contributed by atoms with Gasteiger partial charge in [-0.2, -0.15) is 0 Å². The Balaban J connectivity index is 1.86. The normalized spacial score (nSPS) is 13.3. The summed E-state index contributed by atoms with van der Waals surface area (Å²) in [6.45, 7) is 0.666. The van der Waals surface area contributed by atoms with Gasteiger partial charge >= 0.3 is 0 Å². The van der Waals surface area contributed by atoms with Gasteiger partial charge in [0.2, 0.25) is 0 Å². The highest BCUT2D eigenvalue weighted by Crippen LogP contribution is 2.20. The Morgan fingerprint density at radius 1 is 1.19 bits per heavy atom. The molecule has 0 aromatic heterocycles. The molecule has 0 saturated carbocycles. The Morgan fingerprint density at radius 2 is 2.00 bits per heavy atom. The summed E-state index contributed by atoms with van der Waals surface area (Å²) in [5.41, 5.74) is 2.92. The van der Waals surface area contributed by atoms with Crippen LogP contribution in [0.25, 0.3) is 0 Å². The van der Waals surface area contributed by atoms with Crippen LogP contribution >= 0.6 is 22.6 Å².